The SMILES string of the molecule is CC(C)(C)OC(=O)N1CCC(N2CCN(Cc3ccc(S(C)(=O)=O)cc3F)C2=O)CC1. The van der Waals surface area contributed by atoms with Gasteiger partial charge in [0.05, 0.1) is 11.4 Å². The molecule has 0 saturated carbocycles. The number of piperidine rings is 1. The van der Waals surface area contributed by atoms with Crippen LogP contribution in [0.4, 0.5) is 14.0 Å². The molecule has 0 unspecified atom stereocenters. The number of ether oxygens (including phenoxy) is 1. The standard InChI is InChI=1S/C21H30FN3O5S/c1-21(2,3)30-20(27)23-9-7-16(8-10-23)25-12-11-24(19(25)26)14-15-5-6-17(13-18(15)22)31(4,28)29/h5-6,13,16H,7-12,14H2,1-4H3. The van der Waals surface area contributed by atoms with Crippen molar-refractivity contribution in [2.45, 2.75) is 56.7 Å². The minimum atomic E-state index is -3.49. The lowest BCUT2D eigenvalue weighted by atomic mass is 10.0. The van der Waals surface area contributed by atoms with E-state index in [1.54, 1.807) is 14.7 Å². The topological polar surface area (TPSA) is 87.2 Å². The normalized spacial score (nSPS) is 18.6. The van der Waals surface area contributed by atoms with Gasteiger partial charge in [0.1, 0.15) is 11.4 Å². The monoisotopic (exact) mass is 455 g/mol. The Morgan fingerprint density at radius 1 is 1.16 bits per heavy atom. The molecular weight excluding hydrogens is 425 g/mol. The van der Waals surface area contributed by atoms with Crippen LogP contribution in [-0.4, -0.2) is 79.3 Å². The van der Waals surface area contributed by atoms with Crippen LogP contribution in [0.3, 0.4) is 0 Å². The number of likely N-dealkylation sites (tertiary alicyclic amines) is 1. The maximum Gasteiger partial charge on any atom is 0.410 e. The van der Waals surface area contributed by atoms with Crippen molar-refractivity contribution in [2.24, 2.45) is 0 Å². The Morgan fingerprint density at radius 3 is 2.35 bits per heavy atom. The molecule has 2 saturated heterocycles. The zero-order valence-electron chi connectivity index (χ0n) is 18.4. The van der Waals surface area contributed by atoms with E-state index in [1.165, 1.54) is 12.1 Å². The Kier molecular flexibility index (Phi) is 6.50. The highest BCUT2D eigenvalue weighted by atomic mass is 32.2. The largest absolute Gasteiger partial charge is 0.444 e. The molecule has 2 aliphatic heterocycles. The van der Waals surface area contributed by atoms with Gasteiger partial charge < -0.3 is 19.4 Å². The molecule has 2 heterocycles. The van der Waals surface area contributed by atoms with Gasteiger partial charge in [-0.05, 0) is 45.7 Å². The molecule has 31 heavy (non-hydrogen) atoms. The Bertz CT molecular complexity index is 952. The van der Waals surface area contributed by atoms with Crippen molar-refractivity contribution in [1.82, 2.24) is 14.7 Å². The average molecular weight is 456 g/mol. The summed E-state index contributed by atoms with van der Waals surface area (Å²) in [5.41, 5.74) is -0.268. The number of hydrogen-bond donors (Lipinski definition) is 0. The lowest BCUT2D eigenvalue weighted by molar-refractivity contribution is 0.0170. The summed E-state index contributed by atoms with van der Waals surface area (Å²) < 4.78 is 42.9. The first-order valence-electron chi connectivity index (χ1n) is 10.4. The van der Waals surface area contributed by atoms with Gasteiger partial charge in [-0.1, -0.05) is 6.07 Å². The molecule has 8 nitrogen and oxygen atoms in total. The summed E-state index contributed by atoms with van der Waals surface area (Å²) in [5.74, 6) is -0.639. The number of sulfone groups is 1. The fourth-order valence-electron chi connectivity index (χ4n) is 3.87. The van der Waals surface area contributed by atoms with Crippen molar-refractivity contribution in [1.29, 1.82) is 0 Å². The van der Waals surface area contributed by atoms with Crippen LogP contribution in [0.15, 0.2) is 23.1 Å². The summed E-state index contributed by atoms with van der Waals surface area (Å²) in [6.45, 7) is 7.61. The quantitative estimate of drug-likeness (QED) is 0.697. The second-order valence-corrected chi connectivity index (χ2v) is 11.1. The summed E-state index contributed by atoms with van der Waals surface area (Å²) in [6.07, 6.45) is 2.01. The first-order chi connectivity index (χ1) is 14.3. The molecule has 1 aromatic rings. The summed E-state index contributed by atoms with van der Waals surface area (Å²) in [4.78, 5) is 30.0. The highest BCUT2D eigenvalue weighted by Crippen LogP contribution is 2.25. The number of halogens is 1. The van der Waals surface area contributed by atoms with Crippen LogP contribution in [0.25, 0.3) is 0 Å². The van der Waals surface area contributed by atoms with Crippen molar-refractivity contribution in [3.8, 4) is 0 Å². The predicted octanol–water partition coefficient (Wildman–Crippen LogP) is 2.87. The highest BCUT2D eigenvalue weighted by Gasteiger charge is 2.37. The van der Waals surface area contributed by atoms with E-state index in [-0.39, 0.29) is 35.2 Å². The molecule has 0 bridgehead atoms. The van der Waals surface area contributed by atoms with Crippen LogP contribution in [0, 0.1) is 5.82 Å². The number of nitrogens with zero attached hydrogens (tertiary/aromatic N) is 3. The van der Waals surface area contributed by atoms with Crippen molar-refractivity contribution < 1.29 is 27.1 Å². The van der Waals surface area contributed by atoms with Crippen LogP contribution < -0.4 is 0 Å². The van der Waals surface area contributed by atoms with Crippen molar-refractivity contribution >= 4 is 22.0 Å². The van der Waals surface area contributed by atoms with Gasteiger partial charge in [-0.15, -0.1) is 0 Å². The number of urea groups is 1. The molecule has 3 rings (SSSR count). The van der Waals surface area contributed by atoms with E-state index in [1.807, 2.05) is 20.8 Å². The second-order valence-electron chi connectivity index (χ2n) is 9.12. The van der Waals surface area contributed by atoms with Gasteiger partial charge >= 0.3 is 12.1 Å². The summed E-state index contributed by atoms with van der Waals surface area (Å²) in [6, 6.07) is 3.63. The third-order valence-electron chi connectivity index (χ3n) is 5.50. The molecule has 3 amide bonds. The molecule has 0 radical (unpaired) electrons. The van der Waals surface area contributed by atoms with Gasteiger partial charge in [0, 0.05) is 44.0 Å². The van der Waals surface area contributed by atoms with E-state index in [9.17, 15) is 22.4 Å². The van der Waals surface area contributed by atoms with Gasteiger partial charge in [-0.2, -0.15) is 0 Å². The lowest BCUT2D eigenvalue weighted by Crippen LogP contribution is -2.49. The lowest BCUT2D eigenvalue weighted by Gasteiger charge is -2.37. The maximum atomic E-state index is 14.4. The van der Waals surface area contributed by atoms with Gasteiger partial charge in [0.15, 0.2) is 9.84 Å². The number of benzene rings is 1. The molecule has 172 valence electrons. The van der Waals surface area contributed by atoms with Gasteiger partial charge in [-0.3, -0.25) is 0 Å². The highest BCUT2D eigenvalue weighted by molar-refractivity contribution is 7.90. The average Bonchev–Trinajstić information content (AvgIpc) is 3.01. The number of hydrogen-bond acceptors (Lipinski definition) is 5. The Balaban J connectivity index is 1.57. The van der Waals surface area contributed by atoms with Crippen molar-refractivity contribution in [3.63, 3.8) is 0 Å². The third kappa shape index (κ3) is 5.66. The number of carbonyl (C=O) groups excluding carboxylic acids is 2. The molecule has 10 heteroatoms. The maximum absolute atomic E-state index is 14.4. The van der Waals surface area contributed by atoms with E-state index in [4.69, 9.17) is 4.74 Å². The summed E-state index contributed by atoms with van der Waals surface area (Å²) in [7, 11) is -3.49. The molecule has 0 aromatic heterocycles. The number of rotatable bonds is 4. The van der Waals surface area contributed by atoms with E-state index < -0.39 is 21.3 Å². The third-order valence-corrected chi connectivity index (χ3v) is 6.61. The zero-order valence-corrected chi connectivity index (χ0v) is 19.2. The second kappa shape index (κ2) is 8.64. The van der Waals surface area contributed by atoms with Crippen molar-refractivity contribution in [2.75, 3.05) is 32.4 Å². The van der Waals surface area contributed by atoms with Crippen LogP contribution in [0.5, 0.6) is 0 Å². The molecule has 2 fully saturated rings. The molecule has 0 N–H and O–H groups in total. The van der Waals surface area contributed by atoms with Gasteiger partial charge in [0.25, 0.3) is 0 Å². The summed E-state index contributed by atoms with van der Waals surface area (Å²) in [5, 5.41) is 0. The fourth-order valence-corrected chi connectivity index (χ4v) is 4.50. The molecule has 1 aromatic carbocycles. The van der Waals surface area contributed by atoms with Crippen LogP contribution in [0.1, 0.15) is 39.2 Å². The van der Waals surface area contributed by atoms with E-state index in [0.29, 0.717) is 39.0 Å². The fraction of sp³-hybridized carbons (Fsp3) is 0.619. The molecule has 0 aliphatic carbocycles. The zero-order chi connectivity index (χ0) is 23.0. The summed E-state index contributed by atoms with van der Waals surface area (Å²) >= 11 is 0. The number of carbonyl (C=O) groups is 2. The van der Waals surface area contributed by atoms with Crippen LogP contribution in [0.2, 0.25) is 0 Å². The minimum absolute atomic E-state index is 0.0219. The first kappa shape index (κ1) is 23.3. The number of amides is 3. The molecule has 0 atom stereocenters. The van der Waals surface area contributed by atoms with Gasteiger partial charge in [0.2, 0.25) is 0 Å². The van der Waals surface area contributed by atoms with E-state index in [0.717, 1.165) is 12.3 Å². The van der Waals surface area contributed by atoms with E-state index in [2.05, 4.69) is 0 Å². The molecule has 2 aliphatic rings. The molecular formula is C21H30FN3O5S. The Labute approximate surface area is 182 Å². The predicted molar refractivity (Wildman–Crippen MR) is 113 cm³/mol. The first-order valence-corrected chi connectivity index (χ1v) is 12.3. The molecule has 0 spiro atoms. The minimum Gasteiger partial charge on any atom is -0.444 e. The van der Waals surface area contributed by atoms with Crippen LogP contribution >= 0.6 is 0 Å². The smallest absolute Gasteiger partial charge is 0.410 e. The van der Waals surface area contributed by atoms with E-state index >= 15 is 0 Å². The Hall–Kier alpha value is -2.36. The Morgan fingerprint density at radius 2 is 1.81 bits per heavy atom. The van der Waals surface area contributed by atoms with Gasteiger partial charge in [-0.25, -0.2) is 22.4 Å². The van der Waals surface area contributed by atoms with Crippen LogP contribution in [-0.2, 0) is 21.1 Å². The van der Waals surface area contributed by atoms with Crippen molar-refractivity contribution in [3.05, 3.63) is 29.6 Å².